The van der Waals surface area contributed by atoms with E-state index in [1.54, 1.807) is 18.2 Å². The quantitative estimate of drug-likeness (QED) is 0.811. The molecule has 0 bridgehead atoms. The third-order valence-electron chi connectivity index (χ3n) is 4.83. The molecular weight excluding hydrogens is 326 g/mol. The average Bonchev–Trinajstić information content (AvgIpc) is 2.62. The molecule has 0 aromatic heterocycles. The van der Waals surface area contributed by atoms with Crippen LogP contribution in [0.1, 0.15) is 36.5 Å². The summed E-state index contributed by atoms with van der Waals surface area (Å²) in [4.78, 5) is 26.3. The summed E-state index contributed by atoms with van der Waals surface area (Å²) in [6.07, 6.45) is 0.168. The van der Waals surface area contributed by atoms with Gasteiger partial charge in [0.25, 0.3) is 5.91 Å². The number of piperidine rings is 1. The van der Waals surface area contributed by atoms with E-state index in [9.17, 15) is 19.8 Å². The topological polar surface area (TPSA) is 96.3 Å². The first kappa shape index (κ1) is 19.1. The molecule has 7 heteroatoms. The van der Waals surface area contributed by atoms with Gasteiger partial charge in [0, 0.05) is 13.1 Å². The van der Waals surface area contributed by atoms with E-state index in [4.69, 9.17) is 9.47 Å². The maximum Gasteiger partial charge on any atom is 0.314 e. The molecule has 1 saturated heterocycles. The third kappa shape index (κ3) is 3.42. The van der Waals surface area contributed by atoms with E-state index in [1.807, 2.05) is 6.92 Å². The van der Waals surface area contributed by atoms with E-state index in [0.29, 0.717) is 36.4 Å². The number of carboxylic acid groups (broad SMARTS) is 1. The monoisotopic (exact) mass is 351 g/mol. The zero-order valence-electron chi connectivity index (χ0n) is 14.8. The Hall–Kier alpha value is -2.28. The number of likely N-dealkylation sites (tertiary alicyclic amines) is 1. The fraction of sp³-hybridized carbons (Fsp3) is 0.556. The normalized spacial score (nSPS) is 23.2. The van der Waals surface area contributed by atoms with E-state index >= 15 is 0 Å². The van der Waals surface area contributed by atoms with E-state index in [0.717, 1.165) is 0 Å². The van der Waals surface area contributed by atoms with Gasteiger partial charge in [-0.3, -0.25) is 9.59 Å². The summed E-state index contributed by atoms with van der Waals surface area (Å²) >= 11 is 0. The lowest BCUT2D eigenvalue weighted by molar-refractivity contribution is -0.162. The van der Waals surface area contributed by atoms with Gasteiger partial charge in [0.1, 0.15) is 5.41 Å². The molecule has 1 fully saturated rings. The number of para-hydroxylation sites is 1. The van der Waals surface area contributed by atoms with Gasteiger partial charge in [0.2, 0.25) is 0 Å². The molecule has 25 heavy (non-hydrogen) atoms. The van der Waals surface area contributed by atoms with Gasteiger partial charge in [-0.15, -0.1) is 0 Å². The van der Waals surface area contributed by atoms with Crippen molar-refractivity contribution in [1.29, 1.82) is 0 Å². The number of methoxy groups -OCH3 is 2. The molecular formula is C18H25NO6. The van der Waals surface area contributed by atoms with Crippen molar-refractivity contribution in [3.63, 3.8) is 0 Å². The summed E-state index contributed by atoms with van der Waals surface area (Å²) in [7, 11) is 2.94. The number of benzene rings is 1. The highest BCUT2D eigenvalue weighted by Crippen LogP contribution is 2.38. The molecule has 1 aromatic carbocycles. The number of hydrogen-bond acceptors (Lipinski definition) is 5. The molecule has 1 amide bonds. The number of ether oxygens (including phenoxy) is 2. The maximum atomic E-state index is 13.0. The van der Waals surface area contributed by atoms with Crippen molar-refractivity contribution in [3.05, 3.63) is 23.8 Å². The summed E-state index contributed by atoms with van der Waals surface area (Å²) in [5.74, 6) is -0.651. The number of aliphatic carboxylic acids is 1. The molecule has 138 valence electrons. The summed E-state index contributed by atoms with van der Waals surface area (Å²) in [5.41, 5.74) is -1.02. The Labute approximate surface area is 147 Å². The van der Waals surface area contributed by atoms with Crippen molar-refractivity contribution in [2.45, 2.75) is 32.3 Å². The first-order chi connectivity index (χ1) is 11.9. The number of carboxylic acids is 1. The number of rotatable bonds is 6. The Bertz CT molecular complexity index is 646. The van der Waals surface area contributed by atoms with Crippen LogP contribution in [0.2, 0.25) is 0 Å². The Morgan fingerprint density at radius 1 is 1.32 bits per heavy atom. The van der Waals surface area contributed by atoms with E-state index in [2.05, 4.69) is 0 Å². The predicted molar refractivity (Wildman–Crippen MR) is 91.1 cm³/mol. The molecule has 1 heterocycles. The van der Waals surface area contributed by atoms with Crippen LogP contribution in [0.5, 0.6) is 11.5 Å². The largest absolute Gasteiger partial charge is 0.493 e. The van der Waals surface area contributed by atoms with Crippen LogP contribution in [0.4, 0.5) is 0 Å². The maximum absolute atomic E-state index is 13.0. The molecule has 2 rings (SSSR count). The third-order valence-corrected chi connectivity index (χ3v) is 4.83. The highest BCUT2D eigenvalue weighted by molar-refractivity contribution is 5.98. The lowest BCUT2D eigenvalue weighted by atomic mass is 9.74. The fourth-order valence-electron chi connectivity index (χ4n) is 3.49. The second-order valence-electron chi connectivity index (χ2n) is 6.28. The van der Waals surface area contributed by atoms with Crippen LogP contribution in [0.25, 0.3) is 0 Å². The van der Waals surface area contributed by atoms with Gasteiger partial charge in [0.15, 0.2) is 11.5 Å². The number of carbonyl (C=O) groups excluding carboxylic acids is 1. The molecule has 1 aliphatic heterocycles. The predicted octanol–water partition coefficient (Wildman–Crippen LogP) is 1.78. The fourth-order valence-corrected chi connectivity index (χ4v) is 3.49. The summed E-state index contributed by atoms with van der Waals surface area (Å²) in [5, 5.41) is 20.0. The van der Waals surface area contributed by atoms with E-state index in [-0.39, 0.29) is 18.9 Å². The van der Waals surface area contributed by atoms with Crippen molar-refractivity contribution in [3.8, 4) is 11.5 Å². The molecule has 2 N–H and O–H groups in total. The van der Waals surface area contributed by atoms with Crippen molar-refractivity contribution in [2.75, 3.05) is 27.3 Å². The number of hydrogen-bond donors (Lipinski definition) is 2. The van der Waals surface area contributed by atoms with Gasteiger partial charge < -0.3 is 24.6 Å². The number of aliphatic hydroxyl groups excluding tert-OH is 1. The SMILES string of the molecule is CCC[C@@]1(C(=O)O)CN(C(=O)c2cccc(OC)c2OC)CC[C@@H]1O. The molecule has 0 radical (unpaired) electrons. The molecule has 1 aromatic rings. The van der Waals surface area contributed by atoms with Crippen molar-refractivity contribution >= 4 is 11.9 Å². The average molecular weight is 351 g/mol. The van der Waals surface area contributed by atoms with Crippen LogP contribution in [-0.2, 0) is 4.79 Å². The van der Waals surface area contributed by atoms with Crippen LogP contribution in [0.15, 0.2) is 18.2 Å². The van der Waals surface area contributed by atoms with Gasteiger partial charge in [-0.05, 0) is 25.0 Å². The molecule has 0 aliphatic carbocycles. The molecule has 0 unspecified atom stereocenters. The van der Waals surface area contributed by atoms with Gasteiger partial charge >= 0.3 is 5.97 Å². The van der Waals surface area contributed by atoms with Crippen LogP contribution in [0.3, 0.4) is 0 Å². The summed E-state index contributed by atoms with van der Waals surface area (Å²) < 4.78 is 10.5. The molecule has 7 nitrogen and oxygen atoms in total. The van der Waals surface area contributed by atoms with Crippen LogP contribution in [-0.4, -0.2) is 60.4 Å². The van der Waals surface area contributed by atoms with E-state index in [1.165, 1.54) is 19.1 Å². The minimum absolute atomic E-state index is 0.0312. The highest BCUT2D eigenvalue weighted by atomic mass is 16.5. The summed E-state index contributed by atoms with van der Waals surface area (Å²) in [6.45, 7) is 2.12. The number of carbonyl (C=O) groups is 2. The van der Waals surface area contributed by atoms with Crippen molar-refractivity contribution < 1.29 is 29.3 Å². The van der Waals surface area contributed by atoms with Crippen molar-refractivity contribution in [2.24, 2.45) is 5.41 Å². The second-order valence-corrected chi connectivity index (χ2v) is 6.28. The summed E-state index contributed by atoms with van der Waals surface area (Å²) in [6, 6.07) is 5.00. The standard InChI is InChI=1S/C18H25NO6/c1-4-9-18(17(22)23)11-19(10-8-14(18)20)16(21)12-6-5-7-13(24-2)15(12)25-3/h5-7,14,20H,4,8-11H2,1-3H3,(H,22,23)/t14-,18+/m0/s1. The molecule has 1 aliphatic rings. The minimum atomic E-state index is -1.34. The Kier molecular flexibility index (Phi) is 5.89. The van der Waals surface area contributed by atoms with Crippen LogP contribution < -0.4 is 9.47 Å². The Balaban J connectivity index is 2.36. The first-order valence-electron chi connectivity index (χ1n) is 8.33. The lowest BCUT2D eigenvalue weighted by Gasteiger charge is -2.43. The Morgan fingerprint density at radius 3 is 2.60 bits per heavy atom. The molecule has 0 saturated carbocycles. The minimum Gasteiger partial charge on any atom is -0.493 e. The molecule has 2 atom stereocenters. The van der Waals surface area contributed by atoms with Gasteiger partial charge in [-0.1, -0.05) is 19.4 Å². The smallest absolute Gasteiger partial charge is 0.314 e. The van der Waals surface area contributed by atoms with Crippen molar-refractivity contribution in [1.82, 2.24) is 4.90 Å². The zero-order chi connectivity index (χ0) is 18.6. The highest BCUT2D eigenvalue weighted by Gasteiger charge is 2.49. The number of aliphatic hydroxyl groups is 1. The van der Waals surface area contributed by atoms with E-state index < -0.39 is 17.5 Å². The number of nitrogens with zero attached hydrogens (tertiary/aromatic N) is 1. The lowest BCUT2D eigenvalue weighted by Crippen LogP contribution is -2.57. The second kappa shape index (κ2) is 7.74. The van der Waals surface area contributed by atoms with Gasteiger partial charge in [-0.25, -0.2) is 0 Å². The Morgan fingerprint density at radius 2 is 2.04 bits per heavy atom. The van der Waals surface area contributed by atoms with Gasteiger partial charge in [0.05, 0.1) is 25.9 Å². The molecule has 0 spiro atoms. The van der Waals surface area contributed by atoms with Crippen LogP contribution in [0, 0.1) is 5.41 Å². The number of amides is 1. The van der Waals surface area contributed by atoms with Gasteiger partial charge in [-0.2, -0.15) is 0 Å². The first-order valence-corrected chi connectivity index (χ1v) is 8.33. The zero-order valence-corrected chi connectivity index (χ0v) is 14.8. The van der Waals surface area contributed by atoms with Crippen LogP contribution >= 0.6 is 0 Å².